The predicted octanol–water partition coefficient (Wildman–Crippen LogP) is 3.12. The molecule has 2 aromatic rings. The maximum absolute atomic E-state index is 12.2. The van der Waals surface area contributed by atoms with Crippen molar-refractivity contribution in [1.82, 2.24) is 5.16 Å². The van der Waals surface area contributed by atoms with Gasteiger partial charge in [-0.2, -0.15) is 0 Å². The van der Waals surface area contributed by atoms with Crippen LogP contribution >= 0.6 is 0 Å². The predicted molar refractivity (Wildman–Crippen MR) is 85.2 cm³/mol. The SMILES string of the molecule is CCc1ccc(C(=O)O[C@@H](CC)C(=O)Nc2cc(C)on2)cc1. The number of esters is 1. The summed E-state index contributed by atoms with van der Waals surface area (Å²) in [6.07, 6.45) is 0.374. The minimum atomic E-state index is -0.884. The van der Waals surface area contributed by atoms with E-state index in [1.807, 2.05) is 19.1 Å². The normalized spacial score (nSPS) is 11.8. The van der Waals surface area contributed by atoms with Crippen LogP contribution in [0.3, 0.4) is 0 Å². The largest absolute Gasteiger partial charge is 0.449 e. The van der Waals surface area contributed by atoms with Gasteiger partial charge in [-0.25, -0.2) is 4.79 Å². The smallest absolute Gasteiger partial charge is 0.338 e. The van der Waals surface area contributed by atoms with E-state index in [4.69, 9.17) is 9.26 Å². The van der Waals surface area contributed by atoms with Crippen LogP contribution in [0.2, 0.25) is 0 Å². The molecule has 6 nitrogen and oxygen atoms in total. The van der Waals surface area contributed by atoms with Crippen molar-refractivity contribution in [2.24, 2.45) is 0 Å². The van der Waals surface area contributed by atoms with Crippen LogP contribution in [0.4, 0.5) is 5.82 Å². The summed E-state index contributed by atoms with van der Waals surface area (Å²) >= 11 is 0. The highest BCUT2D eigenvalue weighted by Crippen LogP contribution is 2.12. The zero-order chi connectivity index (χ0) is 16.8. The van der Waals surface area contributed by atoms with Gasteiger partial charge in [0.1, 0.15) is 5.76 Å². The van der Waals surface area contributed by atoms with E-state index in [0.29, 0.717) is 23.6 Å². The number of hydrogen-bond acceptors (Lipinski definition) is 5. The highest BCUT2D eigenvalue weighted by molar-refractivity contribution is 5.97. The molecule has 0 unspecified atom stereocenters. The monoisotopic (exact) mass is 316 g/mol. The summed E-state index contributed by atoms with van der Waals surface area (Å²) in [5.74, 6) is -0.0685. The first-order valence-corrected chi connectivity index (χ1v) is 7.57. The quantitative estimate of drug-likeness (QED) is 0.828. The molecule has 122 valence electrons. The number of ether oxygens (including phenoxy) is 1. The fourth-order valence-electron chi connectivity index (χ4n) is 2.03. The zero-order valence-corrected chi connectivity index (χ0v) is 13.5. The molecular formula is C17H20N2O4. The van der Waals surface area contributed by atoms with Gasteiger partial charge in [0, 0.05) is 6.07 Å². The molecule has 1 aromatic heterocycles. The third kappa shape index (κ3) is 4.42. The molecule has 0 radical (unpaired) electrons. The maximum Gasteiger partial charge on any atom is 0.338 e. The molecule has 0 aliphatic heterocycles. The summed E-state index contributed by atoms with van der Waals surface area (Å²) in [6, 6.07) is 8.74. The Morgan fingerprint density at radius 3 is 2.48 bits per heavy atom. The highest BCUT2D eigenvalue weighted by Gasteiger charge is 2.22. The van der Waals surface area contributed by atoms with Crippen molar-refractivity contribution in [3.8, 4) is 0 Å². The summed E-state index contributed by atoms with van der Waals surface area (Å²) in [4.78, 5) is 24.3. The van der Waals surface area contributed by atoms with Crippen LogP contribution in [0.5, 0.6) is 0 Å². The van der Waals surface area contributed by atoms with Gasteiger partial charge in [0.05, 0.1) is 5.56 Å². The molecular weight excluding hydrogens is 296 g/mol. The molecule has 1 aromatic carbocycles. The molecule has 6 heteroatoms. The summed E-state index contributed by atoms with van der Waals surface area (Å²) in [7, 11) is 0. The number of amides is 1. The van der Waals surface area contributed by atoms with Gasteiger partial charge < -0.3 is 14.6 Å². The lowest BCUT2D eigenvalue weighted by atomic mass is 10.1. The van der Waals surface area contributed by atoms with Crippen LogP contribution in [0, 0.1) is 6.92 Å². The van der Waals surface area contributed by atoms with Gasteiger partial charge >= 0.3 is 5.97 Å². The van der Waals surface area contributed by atoms with Crippen LogP contribution in [0.15, 0.2) is 34.9 Å². The van der Waals surface area contributed by atoms with Crippen molar-refractivity contribution >= 4 is 17.7 Å². The summed E-state index contributed by atoms with van der Waals surface area (Å²) in [5.41, 5.74) is 1.55. The van der Waals surface area contributed by atoms with Crippen molar-refractivity contribution in [3.05, 3.63) is 47.2 Å². The van der Waals surface area contributed by atoms with E-state index in [-0.39, 0.29) is 0 Å². The molecule has 0 aliphatic carbocycles. The Morgan fingerprint density at radius 2 is 1.96 bits per heavy atom. The number of anilines is 1. The zero-order valence-electron chi connectivity index (χ0n) is 13.5. The van der Waals surface area contributed by atoms with Crippen molar-refractivity contribution in [3.63, 3.8) is 0 Å². The molecule has 1 N–H and O–H groups in total. The van der Waals surface area contributed by atoms with Crippen molar-refractivity contribution in [2.75, 3.05) is 5.32 Å². The second-order valence-electron chi connectivity index (χ2n) is 5.16. The first-order chi connectivity index (χ1) is 11.0. The van der Waals surface area contributed by atoms with Gasteiger partial charge in [-0.1, -0.05) is 31.1 Å². The van der Waals surface area contributed by atoms with Gasteiger partial charge in [0.2, 0.25) is 0 Å². The maximum atomic E-state index is 12.2. The number of rotatable bonds is 6. The van der Waals surface area contributed by atoms with E-state index >= 15 is 0 Å². The van der Waals surface area contributed by atoms with Crippen LogP contribution in [0.25, 0.3) is 0 Å². The molecule has 0 aliphatic rings. The fourth-order valence-corrected chi connectivity index (χ4v) is 2.03. The molecule has 1 atom stereocenters. The Morgan fingerprint density at radius 1 is 1.26 bits per heavy atom. The average molecular weight is 316 g/mol. The summed E-state index contributed by atoms with van der Waals surface area (Å²) in [5, 5.41) is 6.25. The standard InChI is InChI=1S/C17H20N2O4/c1-4-12-6-8-13(9-7-12)17(21)22-14(5-2)16(20)18-15-10-11(3)23-19-15/h6-10,14H,4-5H2,1-3H3,(H,18,19,20)/t14-/m0/s1. The lowest BCUT2D eigenvalue weighted by Crippen LogP contribution is -2.32. The Bertz CT molecular complexity index is 676. The third-order valence-electron chi connectivity index (χ3n) is 3.39. The van der Waals surface area contributed by atoms with Gasteiger partial charge in [0.25, 0.3) is 5.91 Å². The lowest BCUT2D eigenvalue weighted by Gasteiger charge is -2.15. The molecule has 2 rings (SSSR count). The molecule has 1 heterocycles. The molecule has 0 spiro atoms. The van der Waals surface area contributed by atoms with Crippen LogP contribution < -0.4 is 5.32 Å². The van der Waals surface area contributed by atoms with E-state index < -0.39 is 18.0 Å². The molecule has 0 fully saturated rings. The number of aromatic nitrogens is 1. The van der Waals surface area contributed by atoms with E-state index in [0.717, 1.165) is 12.0 Å². The van der Waals surface area contributed by atoms with Crippen LogP contribution in [0.1, 0.15) is 41.9 Å². The Balaban J connectivity index is 1.99. The lowest BCUT2D eigenvalue weighted by molar-refractivity contribution is -0.124. The second kappa shape index (κ2) is 7.58. The topological polar surface area (TPSA) is 81.4 Å². The van der Waals surface area contributed by atoms with Crippen molar-refractivity contribution in [2.45, 2.75) is 39.7 Å². The van der Waals surface area contributed by atoms with E-state index in [1.165, 1.54) is 0 Å². The number of nitrogens with one attached hydrogen (secondary N) is 1. The highest BCUT2D eigenvalue weighted by atomic mass is 16.5. The number of hydrogen-bond donors (Lipinski definition) is 1. The number of aryl methyl sites for hydroxylation is 2. The first kappa shape index (κ1) is 16.7. The second-order valence-corrected chi connectivity index (χ2v) is 5.16. The number of carbonyl (C=O) groups excluding carboxylic acids is 2. The number of benzene rings is 1. The van der Waals surface area contributed by atoms with Crippen molar-refractivity contribution < 1.29 is 18.8 Å². The minimum Gasteiger partial charge on any atom is -0.449 e. The first-order valence-electron chi connectivity index (χ1n) is 7.57. The van der Waals surface area contributed by atoms with E-state index in [2.05, 4.69) is 10.5 Å². The molecule has 0 saturated heterocycles. The van der Waals surface area contributed by atoms with E-state index in [1.54, 1.807) is 32.0 Å². The van der Waals surface area contributed by atoms with Gasteiger partial charge in [0.15, 0.2) is 11.9 Å². The molecule has 23 heavy (non-hydrogen) atoms. The molecule has 0 bridgehead atoms. The number of nitrogens with zero attached hydrogens (tertiary/aromatic N) is 1. The Hall–Kier alpha value is -2.63. The van der Waals surface area contributed by atoms with Crippen LogP contribution in [-0.2, 0) is 16.0 Å². The Labute approximate surface area is 134 Å². The summed E-state index contributed by atoms with van der Waals surface area (Å²) in [6.45, 7) is 5.53. The van der Waals surface area contributed by atoms with Crippen molar-refractivity contribution in [1.29, 1.82) is 0 Å². The third-order valence-corrected chi connectivity index (χ3v) is 3.39. The molecule has 1 amide bonds. The van der Waals surface area contributed by atoms with E-state index in [9.17, 15) is 9.59 Å². The van der Waals surface area contributed by atoms with Gasteiger partial charge in [-0.15, -0.1) is 0 Å². The Kier molecular flexibility index (Phi) is 5.51. The summed E-state index contributed by atoms with van der Waals surface area (Å²) < 4.78 is 10.2. The van der Waals surface area contributed by atoms with Gasteiger partial charge in [-0.3, -0.25) is 4.79 Å². The molecule has 0 saturated carbocycles. The fraction of sp³-hybridized carbons (Fsp3) is 0.353. The minimum absolute atomic E-state index is 0.300. The number of carbonyl (C=O) groups is 2. The average Bonchev–Trinajstić information content (AvgIpc) is 2.97. The van der Waals surface area contributed by atoms with Crippen LogP contribution in [-0.4, -0.2) is 23.1 Å². The van der Waals surface area contributed by atoms with Gasteiger partial charge in [-0.05, 0) is 37.5 Å².